The normalized spacial score (nSPS) is 9.54. The summed E-state index contributed by atoms with van der Waals surface area (Å²) in [7, 11) is 0. The van der Waals surface area contributed by atoms with E-state index in [1.54, 1.807) is 24.3 Å². The van der Waals surface area contributed by atoms with E-state index >= 15 is 0 Å². The van der Waals surface area contributed by atoms with Gasteiger partial charge < -0.3 is 5.11 Å². The van der Waals surface area contributed by atoms with Crippen LogP contribution < -0.4 is 0 Å². The largest absolute Gasteiger partial charge is 0.508 e. The van der Waals surface area contributed by atoms with Crippen molar-refractivity contribution < 1.29 is 5.11 Å². The summed E-state index contributed by atoms with van der Waals surface area (Å²) < 4.78 is 0. The van der Waals surface area contributed by atoms with Crippen LogP contribution >= 0.6 is 0 Å². The highest BCUT2D eigenvalue weighted by Gasteiger charge is 2.09. The summed E-state index contributed by atoms with van der Waals surface area (Å²) in [4.78, 5) is 0. The van der Waals surface area contributed by atoms with E-state index in [1.807, 2.05) is 6.07 Å². The number of benzene rings is 1. The van der Waals surface area contributed by atoms with Crippen molar-refractivity contribution in [1.29, 1.82) is 0 Å². The van der Waals surface area contributed by atoms with Crippen LogP contribution in [0, 0.1) is 0 Å². The van der Waals surface area contributed by atoms with Gasteiger partial charge in [0, 0.05) is 0 Å². The van der Waals surface area contributed by atoms with Crippen molar-refractivity contribution in [3.8, 4) is 5.75 Å². The Morgan fingerprint density at radius 3 is 1.62 bits per heavy atom. The number of phenolic OH excluding ortho intramolecular Hbond substituents is 1. The van der Waals surface area contributed by atoms with Gasteiger partial charge in [-0.1, -0.05) is 43.6 Å². The van der Waals surface area contributed by atoms with Crippen molar-refractivity contribution in [3.63, 3.8) is 0 Å². The van der Waals surface area contributed by atoms with Gasteiger partial charge in [0.1, 0.15) is 5.75 Å². The molecule has 1 N–H and O–H groups in total. The third kappa shape index (κ3) is 9.92. The van der Waals surface area contributed by atoms with Gasteiger partial charge in [0.15, 0.2) is 0 Å². The van der Waals surface area contributed by atoms with Gasteiger partial charge in [-0.25, -0.2) is 0 Å². The minimum absolute atomic E-state index is 0.322. The number of hydrogen-bond donors (Lipinski definition) is 1. The van der Waals surface area contributed by atoms with Gasteiger partial charge in [-0.3, -0.25) is 0 Å². The van der Waals surface area contributed by atoms with E-state index in [2.05, 4.69) is 24.7 Å². The molecule has 3 heteroatoms. The number of phenols is 1. The van der Waals surface area contributed by atoms with E-state index in [-0.39, 0.29) is 0 Å². The van der Waals surface area contributed by atoms with E-state index < -0.39 is 5.72 Å². The van der Waals surface area contributed by atoms with Crippen molar-refractivity contribution >= 4 is 25.3 Å². The Kier molecular flexibility index (Phi) is 6.46. The Morgan fingerprint density at radius 1 is 1.08 bits per heavy atom. The molecule has 0 radical (unpaired) electrons. The highest BCUT2D eigenvalue weighted by Crippen LogP contribution is 2.02. The molecule has 0 unspecified atom stereocenters. The average Bonchev–Trinajstić information content (AvgIpc) is 2.06. The lowest BCUT2D eigenvalue weighted by atomic mass is 10.3. The molecule has 0 aliphatic carbocycles. The van der Waals surface area contributed by atoms with Crippen LogP contribution in [-0.2, 0) is 0 Å². The van der Waals surface area contributed by atoms with E-state index in [1.165, 1.54) is 0 Å². The van der Waals surface area contributed by atoms with Gasteiger partial charge in [-0.2, -0.15) is 5.05 Å². The van der Waals surface area contributed by atoms with Crippen molar-refractivity contribution in [1.82, 2.24) is 0 Å². The van der Waals surface area contributed by atoms with Crippen LogP contribution in [0.15, 0.2) is 30.3 Å². The summed E-state index contributed by atoms with van der Waals surface area (Å²) in [6.07, 6.45) is 0. The zero-order valence-electron chi connectivity index (χ0n) is 9.04. The van der Waals surface area contributed by atoms with Crippen LogP contribution in [0.3, 0.4) is 0 Å². The molecule has 0 fully saturated rings. The predicted octanol–water partition coefficient (Wildman–Crippen LogP) is 2.97. The first-order valence-corrected chi connectivity index (χ1v) is 11.9. The molecule has 0 saturated heterocycles. The molecule has 1 rings (SSSR count). The van der Waals surface area contributed by atoms with Crippen molar-refractivity contribution in [2.75, 3.05) is 0 Å². The molecular formula is C10H18MgOSi. The molecule has 0 saturated carbocycles. The summed E-state index contributed by atoms with van der Waals surface area (Å²) in [5.41, 5.74) is -0.492. The van der Waals surface area contributed by atoms with Crippen LogP contribution in [-0.4, -0.2) is 30.4 Å². The second kappa shape index (κ2) is 6.46. The molecule has 0 aliphatic rings. The second-order valence-corrected chi connectivity index (χ2v) is 18.6. The fourth-order valence-corrected chi connectivity index (χ4v) is 0.428. The summed E-state index contributed by atoms with van der Waals surface area (Å²) in [6.45, 7) is 7.33. The SMILES string of the molecule is Oc1ccccc1.[CH3][Mg][Si](C)(C)C. The van der Waals surface area contributed by atoms with Crippen LogP contribution in [0.25, 0.3) is 0 Å². The summed E-state index contributed by atoms with van der Waals surface area (Å²) in [6, 6.07) is 8.71. The fraction of sp³-hybridized carbons (Fsp3) is 0.400. The van der Waals surface area contributed by atoms with E-state index in [9.17, 15) is 0 Å². The van der Waals surface area contributed by atoms with Crippen LogP contribution in [0.1, 0.15) is 0 Å². The lowest BCUT2D eigenvalue weighted by Gasteiger charge is -2.09. The molecule has 13 heavy (non-hydrogen) atoms. The first kappa shape index (κ1) is 13.0. The number of aromatic hydroxyl groups is 1. The molecule has 0 heterocycles. The first-order valence-electron chi connectivity index (χ1n) is 4.69. The lowest BCUT2D eigenvalue weighted by Crippen LogP contribution is -2.26. The zero-order valence-corrected chi connectivity index (χ0v) is 11.5. The zero-order chi connectivity index (χ0) is 10.3. The van der Waals surface area contributed by atoms with Crippen LogP contribution in [0.2, 0.25) is 24.7 Å². The molecule has 1 aromatic carbocycles. The molecule has 1 aromatic rings. The summed E-state index contributed by atoms with van der Waals surface area (Å²) in [5.74, 6) is 0.322. The third-order valence-corrected chi connectivity index (χ3v) is 10.3. The van der Waals surface area contributed by atoms with Crippen LogP contribution in [0.4, 0.5) is 0 Å². The van der Waals surface area contributed by atoms with E-state index in [4.69, 9.17) is 5.11 Å². The quantitative estimate of drug-likeness (QED) is 0.701. The number of hydrogen-bond acceptors (Lipinski definition) is 1. The molecule has 0 atom stereocenters. The van der Waals surface area contributed by atoms with E-state index in [0.29, 0.717) is 25.3 Å². The number of rotatable bonds is 1. The molecular weight excluding hydrogens is 188 g/mol. The van der Waals surface area contributed by atoms with Crippen molar-refractivity contribution in [3.05, 3.63) is 30.3 Å². The van der Waals surface area contributed by atoms with Crippen molar-refractivity contribution in [2.45, 2.75) is 24.7 Å². The minimum atomic E-state index is -0.492. The monoisotopic (exact) mass is 206 g/mol. The first-order chi connectivity index (χ1) is 5.95. The molecule has 0 aromatic heterocycles. The van der Waals surface area contributed by atoms with Gasteiger partial charge in [-0.15, -0.1) is 0 Å². The maximum Gasteiger partial charge on any atom is 0.359 e. The minimum Gasteiger partial charge on any atom is -0.508 e. The second-order valence-electron chi connectivity index (χ2n) is 4.25. The van der Waals surface area contributed by atoms with Gasteiger partial charge >= 0.3 is 19.6 Å². The molecule has 0 aliphatic heterocycles. The summed E-state index contributed by atoms with van der Waals surface area (Å²) >= 11 is 0.391. The fourth-order valence-electron chi connectivity index (χ4n) is 0.428. The number of para-hydroxylation sites is 1. The standard InChI is InChI=1S/C6H6O.C3H9Si.CH3.Mg/c7-6-4-2-1-3-5-6;1-4(2)3;;/h1-5,7H;1-3H3;1H3;. The molecule has 0 amide bonds. The maximum absolute atomic E-state index is 8.63. The summed E-state index contributed by atoms with van der Waals surface area (Å²) in [5, 5.41) is 11.0. The molecule has 70 valence electrons. The van der Waals surface area contributed by atoms with Gasteiger partial charge in [0.2, 0.25) is 0 Å². The van der Waals surface area contributed by atoms with Gasteiger partial charge in [-0.05, 0) is 12.1 Å². The van der Waals surface area contributed by atoms with E-state index in [0.717, 1.165) is 0 Å². The van der Waals surface area contributed by atoms with Crippen LogP contribution in [0.5, 0.6) is 5.75 Å². The topological polar surface area (TPSA) is 20.2 Å². The Hall–Kier alpha value is 0.00312. The Labute approximate surface area is 91.0 Å². The molecule has 0 spiro atoms. The van der Waals surface area contributed by atoms with Gasteiger partial charge in [0.05, 0.1) is 0 Å². The highest BCUT2D eigenvalue weighted by molar-refractivity contribution is 7.22. The van der Waals surface area contributed by atoms with Gasteiger partial charge in [0.25, 0.3) is 0 Å². The average molecular weight is 207 g/mol. The lowest BCUT2D eigenvalue weighted by molar-refractivity contribution is 0.475. The Morgan fingerprint density at radius 2 is 1.46 bits per heavy atom. The van der Waals surface area contributed by atoms with Crippen molar-refractivity contribution in [2.24, 2.45) is 0 Å². The highest BCUT2D eigenvalue weighted by atomic mass is 28.5. The Balaban J connectivity index is 0.000000226. The molecule has 0 bridgehead atoms. The third-order valence-electron chi connectivity index (χ3n) is 1.82. The predicted molar refractivity (Wildman–Crippen MR) is 63.1 cm³/mol. The molecule has 1 nitrogen and oxygen atoms in total. The maximum atomic E-state index is 8.63. The Bertz CT molecular complexity index is 218. The smallest absolute Gasteiger partial charge is 0.359 e.